The number of carbonyl (C=O) groups excluding carboxylic acids is 2. The number of halogens is 3. The van der Waals surface area contributed by atoms with Gasteiger partial charge in [0, 0.05) is 10.9 Å². The molecular weight excluding hydrogens is 393 g/mol. The molecule has 0 fully saturated rings. The van der Waals surface area contributed by atoms with Gasteiger partial charge in [-0.15, -0.1) is 0 Å². The Morgan fingerprint density at radius 3 is 2.31 bits per heavy atom. The molecule has 7 nitrogen and oxygen atoms in total. The topological polar surface area (TPSA) is 105 Å². The maximum Gasteiger partial charge on any atom is 0.425 e. The van der Waals surface area contributed by atoms with Crippen LogP contribution >= 0.6 is 0 Å². The van der Waals surface area contributed by atoms with Gasteiger partial charge in [-0.1, -0.05) is 18.2 Å². The third-order valence-electron chi connectivity index (χ3n) is 4.40. The van der Waals surface area contributed by atoms with Gasteiger partial charge in [0.05, 0.1) is 6.42 Å². The molecule has 0 unspecified atom stereocenters. The summed E-state index contributed by atoms with van der Waals surface area (Å²) < 4.78 is 50.5. The van der Waals surface area contributed by atoms with Gasteiger partial charge in [0.2, 0.25) is 11.5 Å². The Morgan fingerprint density at radius 2 is 1.72 bits per heavy atom. The van der Waals surface area contributed by atoms with E-state index in [0.29, 0.717) is 16.5 Å². The number of benzene rings is 1. The summed E-state index contributed by atoms with van der Waals surface area (Å²) in [6, 6.07) is 9.01. The number of aryl methyl sites for hydroxylation is 2. The van der Waals surface area contributed by atoms with Crippen LogP contribution in [0.5, 0.6) is 0 Å². The number of alkyl halides is 3. The Hall–Kier alpha value is -3.27. The molecule has 0 aliphatic heterocycles. The average molecular weight is 410 g/mol. The standard InChI is InChI=1S/C19H17F3N2O5/c1-10-7-8-14(28-10)18(27,19(20,21)22)9-15(25)23-24-17(26)16-11(2)12-5-3-4-6-13(12)29-16/h3-8,27H,9H2,1-2H3,(H,23,25)(H,24,26)/t18-/m1/s1. The summed E-state index contributed by atoms with van der Waals surface area (Å²) in [5, 5.41) is 10.8. The average Bonchev–Trinajstić information content (AvgIpc) is 3.23. The molecule has 0 aliphatic carbocycles. The zero-order valence-electron chi connectivity index (χ0n) is 15.4. The van der Waals surface area contributed by atoms with E-state index in [4.69, 9.17) is 8.83 Å². The van der Waals surface area contributed by atoms with Gasteiger partial charge in [0.1, 0.15) is 17.1 Å². The number of hydrazine groups is 1. The second kappa shape index (κ2) is 7.28. The van der Waals surface area contributed by atoms with Crippen LogP contribution in [0.25, 0.3) is 11.0 Å². The van der Waals surface area contributed by atoms with Crippen LogP contribution in [0.3, 0.4) is 0 Å². The lowest BCUT2D eigenvalue weighted by molar-refractivity contribution is -0.273. The largest absolute Gasteiger partial charge is 0.463 e. The van der Waals surface area contributed by atoms with Crippen molar-refractivity contribution in [2.24, 2.45) is 0 Å². The van der Waals surface area contributed by atoms with E-state index in [1.165, 1.54) is 13.0 Å². The number of rotatable bonds is 4. The Morgan fingerprint density at radius 1 is 1.03 bits per heavy atom. The lowest BCUT2D eigenvalue weighted by Gasteiger charge is -2.27. The molecule has 0 aliphatic rings. The highest BCUT2D eigenvalue weighted by Crippen LogP contribution is 2.42. The fourth-order valence-electron chi connectivity index (χ4n) is 2.83. The second-order valence-electron chi connectivity index (χ2n) is 6.50. The summed E-state index contributed by atoms with van der Waals surface area (Å²) in [6.45, 7) is 3.03. The lowest BCUT2D eigenvalue weighted by atomic mass is 9.95. The van der Waals surface area contributed by atoms with E-state index >= 15 is 0 Å². The molecule has 0 saturated carbocycles. The van der Waals surface area contributed by atoms with Crippen molar-refractivity contribution in [1.82, 2.24) is 10.9 Å². The smallest absolute Gasteiger partial charge is 0.425 e. The van der Waals surface area contributed by atoms with Crippen LogP contribution in [-0.2, 0) is 10.4 Å². The van der Waals surface area contributed by atoms with E-state index in [2.05, 4.69) is 0 Å². The molecule has 0 bridgehead atoms. The van der Waals surface area contributed by atoms with Gasteiger partial charge in [-0.2, -0.15) is 13.2 Å². The first-order valence-corrected chi connectivity index (χ1v) is 8.46. The molecular formula is C19H17F3N2O5. The van der Waals surface area contributed by atoms with Crippen molar-refractivity contribution >= 4 is 22.8 Å². The van der Waals surface area contributed by atoms with Crippen LogP contribution in [0.2, 0.25) is 0 Å². The minimum Gasteiger partial charge on any atom is -0.463 e. The van der Waals surface area contributed by atoms with Crippen LogP contribution in [0, 0.1) is 13.8 Å². The SMILES string of the molecule is Cc1ccc([C@](O)(CC(=O)NNC(=O)c2oc3ccccc3c2C)C(F)(F)F)o1. The minimum atomic E-state index is -5.19. The van der Waals surface area contributed by atoms with E-state index in [1.54, 1.807) is 31.2 Å². The van der Waals surface area contributed by atoms with Crippen LogP contribution in [-0.4, -0.2) is 23.1 Å². The number of amides is 2. The third kappa shape index (κ3) is 3.83. The van der Waals surface area contributed by atoms with Crippen molar-refractivity contribution in [2.75, 3.05) is 0 Å². The molecule has 2 heterocycles. The van der Waals surface area contributed by atoms with E-state index in [1.807, 2.05) is 10.9 Å². The maximum absolute atomic E-state index is 13.4. The molecule has 3 rings (SSSR count). The maximum atomic E-state index is 13.4. The molecule has 2 aromatic heterocycles. The van der Waals surface area contributed by atoms with Gasteiger partial charge >= 0.3 is 12.1 Å². The highest BCUT2D eigenvalue weighted by atomic mass is 19.4. The molecule has 29 heavy (non-hydrogen) atoms. The number of carbonyl (C=O) groups is 2. The van der Waals surface area contributed by atoms with Crippen molar-refractivity contribution < 1.29 is 36.7 Å². The molecule has 10 heteroatoms. The summed E-state index contributed by atoms with van der Waals surface area (Å²) in [7, 11) is 0. The molecule has 0 saturated heterocycles. The van der Waals surface area contributed by atoms with Crippen LogP contribution < -0.4 is 10.9 Å². The number of aliphatic hydroxyl groups is 1. The van der Waals surface area contributed by atoms with Gasteiger partial charge in [-0.3, -0.25) is 20.4 Å². The molecule has 3 N–H and O–H groups in total. The number of furan rings is 2. The van der Waals surface area contributed by atoms with Crippen molar-refractivity contribution in [1.29, 1.82) is 0 Å². The molecule has 3 aromatic rings. The van der Waals surface area contributed by atoms with Crippen molar-refractivity contribution in [3.8, 4) is 0 Å². The molecule has 1 aromatic carbocycles. The fraction of sp³-hybridized carbons (Fsp3) is 0.263. The number of hydrogen-bond acceptors (Lipinski definition) is 5. The first kappa shape index (κ1) is 20.5. The van der Waals surface area contributed by atoms with Crippen molar-refractivity contribution in [3.05, 3.63) is 59.2 Å². The monoisotopic (exact) mass is 410 g/mol. The van der Waals surface area contributed by atoms with Gasteiger partial charge < -0.3 is 13.9 Å². The normalized spacial score (nSPS) is 13.9. The van der Waals surface area contributed by atoms with Crippen LogP contribution in [0.4, 0.5) is 13.2 Å². The van der Waals surface area contributed by atoms with Crippen molar-refractivity contribution in [2.45, 2.75) is 32.0 Å². The molecule has 2 amide bonds. The van der Waals surface area contributed by atoms with Gasteiger partial charge in [0.15, 0.2) is 5.76 Å². The third-order valence-corrected chi connectivity index (χ3v) is 4.40. The quantitative estimate of drug-likeness (QED) is 0.573. The first-order valence-electron chi connectivity index (χ1n) is 8.46. The lowest BCUT2D eigenvalue weighted by Crippen LogP contribution is -2.49. The predicted molar refractivity (Wildman–Crippen MR) is 94.6 cm³/mol. The van der Waals surface area contributed by atoms with Gasteiger partial charge in [-0.25, -0.2) is 0 Å². The van der Waals surface area contributed by atoms with Gasteiger partial charge in [-0.05, 0) is 32.0 Å². The Balaban J connectivity index is 1.72. The van der Waals surface area contributed by atoms with Crippen LogP contribution in [0.15, 0.2) is 45.2 Å². The Kier molecular flexibility index (Phi) is 5.14. The molecule has 0 radical (unpaired) electrons. The number of nitrogens with one attached hydrogen (secondary N) is 2. The van der Waals surface area contributed by atoms with E-state index in [9.17, 15) is 27.9 Å². The molecule has 0 spiro atoms. The summed E-state index contributed by atoms with van der Waals surface area (Å²) in [4.78, 5) is 24.3. The predicted octanol–water partition coefficient (Wildman–Crippen LogP) is 3.24. The number of fused-ring (bicyclic) bond motifs is 1. The van der Waals surface area contributed by atoms with E-state index in [-0.39, 0.29) is 11.5 Å². The highest BCUT2D eigenvalue weighted by Gasteiger charge is 2.58. The highest BCUT2D eigenvalue weighted by molar-refractivity contribution is 5.99. The second-order valence-corrected chi connectivity index (χ2v) is 6.50. The summed E-state index contributed by atoms with van der Waals surface area (Å²) in [6.07, 6.45) is -6.60. The Bertz CT molecular complexity index is 1070. The minimum absolute atomic E-state index is 0.0979. The molecule has 1 atom stereocenters. The van der Waals surface area contributed by atoms with Crippen molar-refractivity contribution in [3.63, 3.8) is 0 Å². The van der Waals surface area contributed by atoms with E-state index < -0.39 is 35.8 Å². The summed E-state index contributed by atoms with van der Waals surface area (Å²) >= 11 is 0. The number of para-hydroxylation sites is 1. The summed E-state index contributed by atoms with van der Waals surface area (Å²) in [5.74, 6) is -2.91. The first-order chi connectivity index (χ1) is 13.5. The number of hydrogen-bond donors (Lipinski definition) is 3. The Labute approximate surface area is 162 Å². The van der Waals surface area contributed by atoms with E-state index in [0.717, 1.165) is 6.07 Å². The van der Waals surface area contributed by atoms with Gasteiger partial charge in [0.25, 0.3) is 0 Å². The zero-order valence-corrected chi connectivity index (χ0v) is 15.4. The molecule has 154 valence electrons. The summed E-state index contributed by atoms with van der Waals surface area (Å²) in [5.41, 5.74) is 1.25. The fourth-order valence-corrected chi connectivity index (χ4v) is 2.83. The van der Waals surface area contributed by atoms with Crippen LogP contribution in [0.1, 0.15) is 34.1 Å². The zero-order chi connectivity index (χ0) is 21.4.